The summed E-state index contributed by atoms with van der Waals surface area (Å²) in [5.41, 5.74) is 0.856. The van der Waals surface area contributed by atoms with E-state index in [-0.39, 0.29) is 17.5 Å². The highest BCUT2D eigenvalue weighted by molar-refractivity contribution is 5.95. The summed E-state index contributed by atoms with van der Waals surface area (Å²) in [5, 5.41) is 23.3. The van der Waals surface area contributed by atoms with E-state index in [1.165, 1.54) is 6.07 Å². The highest BCUT2D eigenvalue weighted by Crippen LogP contribution is 2.26. The lowest BCUT2D eigenvalue weighted by Crippen LogP contribution is -2.38. The van der Waals surface area contributed by atoms with E-state index in [0.717, 1.165) is 30.8 Å². The lowest BCUT2D eigenvalue weighted by Gasteiger charge is -2.30. The molecule has 26 heavy (non-hydrogen) atoms. The van der Waals surface area contributed by atoms with Gasteiger partial charge in [0.15, 0.2) is 5.75 Å². The third-order valence-corrected chi connectivity index (χ3v) is 4.33. The Labute approximate surface area is 152 Å². The first-order valence-electron chi connectivity index (χ1n) is 8.52. The first-order chi connectivity index (χ1) is 12.5. The molecule has 1 amide bonds. The van der Waals surface area contributed by atoms with Crippen LogP contribution in [-0.4, -0.2) is 40.5 Å². The van der Waals surface area contributed by atoms with E-state index in [0.29, 0.717) is 6.54 Å². The van der Waals surface area contributed by atoms with Crippen molar-refractivity contribution in [1.29, 1.82) is 0 Å². The van der Waals surface area contributed by atoms with E-state index in [1.54, 1.807) is 0 Å². The van der Waals surface area contributed by atoms with Crippen LogP contribution in [0.15, 0.2) is 48.5 Å². The van der Waals surface area contributed by atoms with Crippen LogP contribution in [0, 0.1) is 10.1 Å². The number of nitro groups is 1. The van der Waals surface area contributed by atoms with E-state index in [1.807, 2.05) is 30.3 Å². The van der Waals surface area contributed by atoms with Crippen LogP contribution in [0.5, 0.6) is 5.75 Å². The fraction of sp³-hybridized carbons (Fsp3) is 0.316. The van der Waals surface area contributed by atoms with Gasteiger partial charge >= 0.3 is 5.69 Å². The zero-order valence-corrected chi connectivity index (χ0v) is 14.9. The Morgan fingerprint density at radius 2 is 1.85 bits per heavy atom. The molecule has 2 aromatic rings. The maximum atomic E-state index is 12.4. The summed E-state index contributed by atoms with van der Waals surface area (Å²) >= 11 is 0. The standard InChI is InChI=1S/C19H23N3O4/c1-3-21(4-2)17(14-8-6-5-7-9-14)13-20-19(24)15-10-11-16(22(25)26)18(23)12-15/h5-12,17,23H,3-4,13H2,1-2H3,(H,20,24). The van der Waals surface area contributed by atoms with Crippen LogP contribution in [0.4, 0.5) is 5.69 Å². The van der Waals surface area contributed by atoms with Crippen LogP contribution >= 0.6 is 0 Å². The van der Waals surface area contributed by atoms with Gasteiger partial charge < -0.3 is 10.4 Å². The molecule has 0 aromatic heterocycles. The number of benzene rings is 2. The van der Waals surface area contributed by atoms with Crippen LogP contribution in [0.25, 0.3) is 0 Å². The molecule has 0 saturated heterocycles. The maximum absolute atomic E-state index is 12.4. The zero-order valence-electron chi connectivity index (χ0n) is 14.9. The third kappa shape index (κ3) is 4.58. The van der Waals surface area contributed by atoms with Crippen LogP contribution in [0.1, 0.15) is 35.8 Å². The molecular weight excluding hydrogens is 334 g/mol. The average Bonchev–Trinajstić information content (AvgIpc) is 2.65. The summed E-state index contributed by atoms with van der Waals surface area (Å²) < 4.78 is 0. The molecule has 0 fully saturated rings. The second-order valence-electron chi connectivity index (χ2n) is 5.82. The molecule has 2 rings (SSSR count). The Kier molecular flexibility index (Phi) is 6.68. The Bertz CT molecular complexity index is 761. The largest absolute Gasteiger partial charge is 0.502 e. The second kappa shape index (κ2) is 8.96. The fourth-order valence-electron chi connectivity index (χ4n) is 2.91. The number of nitrogens with one attached hydrogen (secondary N) is 1. The predicted molar refractivity (Wildman–Crippen MR) is 99.2 cm³/mol. The van der Waals surface area contributed by atoms with Crippen molar-refractivity contribution in [2.45, 2.75) is 19.9 Å². The number of amides is 1. The summed E-state index contributed by atoms with van der Waals surface area (Å²) in [6.07, 6.45) is 0. The highest BCUT2D eigenvalue weighted by atomic mass is 16.6. The molecule has 0 saturated carbocycles. The van der Waals surface area contributed by atoms with Gasteiger partial charge in [-0.15, -0.1) is 0 Å². The van der Waals surface area contributed by atoms with Gasteiger partial charge in [-0.25, -0.2) is 0 Å². The molecule has 1 unspecified atom stereocenters. The number of likely N-dealkylation sites (N-methyl/N-ethyl adjacent to an activating group) is 1. The molecule has 7 nitrogen and oxygen atoms in total. The number of hydrogen-bond donors (Lipinski definition) is 2. The van der Waals surface area contributed by atoms with Gasteiger partial charge in [0, 0.05) is 18.2 Å². The van der Waals surface area contributed by atoms with E-state index in [2.05, 4.69) is 24.1 Å². The Morgan fingerprint density at radius 1 is 1.19 bits per heavy atom. The van der Waals surface area contributed by atoms with Crippen molar-refractivity contribution in [1.82, 2.24) is 10.2 Å². The van der Waals surface area contributed by atoms with Gasteiger partial charge in [0.05, 0.1) is 11.0 Å². The molecular formula is C19H23N3O4. The van der Waals surface area contributed by atoms with E-state index in [4.69, 9.17) is 0 Å². The molecule has 2 aromatic carbocycles. The minimum atomic E-state index is -0.692. The average molecular weight is 357 g/mol. The summed E-state index contributed by atoms with van der Waals surface area (Å²) in [4.78, 5) is 24.7. The van der Waals surface area contributed by atoms with Gasteiger partial charge in [-0.3, -0.25) is 19.8 Å². The van der Waals surface area contributed by atoms with E-state index >= 15 is 0 Å². The normalized spacial score (nSPS) is 12.0. The molecule has 0 bridgehead atoms. The monoisotopic (exact) mass is 357 g/mol. The second-order valence-corrected chi connectivity index (χ2v) is 5.82. The van der Waals surface area contributed by atoms with Crippen LogP contribution < -0.4 is 5.32 Å². The van der Waals surface area contributed by atoms with E-state index in [9.17, 15) is 20.0 Å². The predicted octanol–water partition coefficient (Wildman–Crippen LogP) is 3.11. The summed E-state index contributed by atoms with van der Waals surface area (Å²) in [6, 6.07) is 13.5. The van der Waals surface area contributed by atoms with Crippen molar-refractivity contribution in [3.63, 3.8) is 0 Å². The topological polar surface area (TPSA) is 95.7 Å². The summed E-state index contributed by atoms with van der Waals surface area (Å²) in [7, 11) is 0. The van der Waals surface area contributed by atoms with Crippen LogP contribution in [0.2, 0.25) is 0 Å². The van der Waals surface area contributed by atoms with Gasteiger partial charge in [0.2, 0.25) is 0 Å². The van der Waals surface area contributed by atoms with Gasteiger partial charge in [-0.2, -0.15) is 0 Å². The highest BCUT2D eigenvalue weighted by Gasteiger charge is 2.20. The number of nitro benzene ring substituents is 1. The van der Waals surface area contributed by atoms with E-state index < -0.39 is 16.4 Å². The molecule has 7 heteroatoms. The number of rotatable bonds is 8. The summed E-state index contributed by atoms with van der Waals surface area (Å²) in [5.74, 6) is -0.908. The van der Waals surface area contributed by atoms with Crippen LogP contribution in [0.3, 0.4) is 0 Å². The van der Waals surface area contributed by atoms with Crippen LogP contribution in [-0.2, 0) is 0 Å². The third-order valence-electron chi connectivity index (χ3n) is 4.33. The maximum Gasteiger partial charge on any atom is 0.310 e. The SMILES string of the molecule is CCN(CC)C(CNC(=O)c1ccc([N+](=O)[O-])c(O)c1)c1ccccc1. The minimum Gasteiger partial charge on any atom is -0.502 e. The lowest BCUT2D eigenvalue weighted by atomic mass is 10.0. The van der Waals surface area contributed by atoms with Gasteiger partial charge in [0.1, 0.15) is 0 Å². The Balaban J connectivity index is 2.14. The number of phenolic OH excluding ortho intramolecular Hbond substituents is 1. The van der Waals surface area contributed by atoms with Crippen molar-refractivity contribution in [2.24, 2.45) is 0 Å². The Morgan fingerprint density at radius 3 is 2.38 bits per heavy atom. The molecule has 138 valence electrons. The molecule has 0 aliphatic heterocycles. The Hall–Kier alpha value is -2.93. The number of aromatic hydroxyl groups is 1. The summed E-state index contributed by atoms with van der Waals surface area (Å²) in [6.45, 7) is 6.20. The molecule has 0 radical (unpaired) electrons. The molecule has 0 heterocycles. The first-order valence-corrected chi connectivity index (χ1v) is 8.52. The number of hydrogen-bond acceptors (Lipinski definition) is 5. The van der Waals surface area contributed by atoms with Gasteiger partial charge in [-0.05, 0) is 30.8 Å². The fourth-order valence-corrected chi connectivity index (χ4v) is 2.91. The molecule has 0 spiro atoms. The van der Waals surface area contributed by atoms with Gasteiger partial charge in [0.25, 0.3) is 5.91 Å². The van der Waals surface area contributed by atoms with Crippen molar-refractivity contribution >= 4 is 11.6 Å². The quantitative estimate of drug-likeness (QED) is 0.559. The van der Waals surface area contributed by atoms with Gasteiger partial charge in [-0.1, -0.05) is 44.2 Å². The number of nitrogens with zero attached hydrogens (tertiary/aromatic N) is 2. The van der Waals surface area contributed by atoms with Crippen molar-refractivity contribution in [3.8, 4) is 5.75 Å². The molecule has 1 atom stereocenters. The lowest BCUT2D eigenvalue weighted by molar-refractivity contribution is -0.385. The first kappa shape index (κ1) is 19.4. The molecule has 0 aliphatic carbocycles. The number of carbonyl (C=O) groups is 1. The number of carbonyl (C=O) groups excluding carboxylic acids is 1. The van der Waals surface area contributed by atoms with Crippen molar-refractivity contribution in [2.75, 3.05) is 19.6 Å². The smallest absolute Gasteiger partial charge is 0.310 e. The molecule has 0 aliphatic rings. The molecule has 2 N–H and O–H groups in total. The van der Waals surface area contributed by atoms with Crippen molar-refractivity contribution < 1.29 is 14.8 Å². The number of phenols is 1. The zero-order chi connectivity index (χ0) is 19.1. The minimum absolute atomic E-state index is 0.0156. The van der Waals surface area contributed by atoms with Crippen molar-refractivity contribution in [3.05, 3.63) is 69.8 Å².